The normalized spacial score (nSPS) is 10.4. The van der Waals surface area contributed by atoms with Crippen LogP contribution in [0, 0.1) is 18.3 Å². The monoisotopic (exact) mass is 248 g/mol. The highest BCUT2D eigenvalue weighted by atomic mass is 32.1. The summed E-state index contributed by atoms with van der Waals surface area (Å²) in [7, 11) is 0. The number of aromatic nitrogens is 2. The minimum atomic E-state index is 0.652. The maximum Gasteiger partial charge on any atom is 0.227 e. The molecule has 0 atom stereocenters. The zero-order valence-corrected chi connectivity index (χ0v) is 10.3. The van der Waals surface area contributed by atoms with Crippen LogP contribution in [0.15, 0.2) is 16.7 Å². The lowest BCUT2D eigenvalue weighted by Crippen LogP contribution is -2.16. The first-order valence-electron chi connectivity index (χ1n) is 5.26. The first-order chi connectivity index (χ1) is 8.28. The van der Waals surface area contributed by atoms with Crippen molar-refractivity contribution >= 4 is 11.3 Å². The Morgan fingerprint density at radius 1 is 1.53 bits per heavy atom. The number of rotatable bonds is 5. The van der Waals surface area contributed by atoms with Crippen molar-refractivity contribution in [1.82, 2.24) is 15.5 Å². The zero-order chi connectivity index (χ0) is 12.1. The van der Waals surface area contributed by atoms with Gasteiger partial charge < -0.3 is 9.84 Å². The Labute approximate surface area is 103 Å². The highest BCUT2D eigenvalue weighted by molar-refractivity contribution is 7.12. The third-order valence-corrected chi connectivity index (χ3v) is 3.15. The number of thiophene rings is 1. The molecule has 0 saturated heterocycles. The third kappa shape index (κ3) is 3.37. The Balaban J connectivity index is 1.71. The second kappa shape index (κ2) is 5.57. The summed E-state index contributed by atoms with van der Waals surface area (Å²) < 4.78 is 5.00. The van der Waals surface area contributed by atoms with E-state index in [1.54, 1.807) is 6.92 Å². The summed E-state index contributed by atoms with van der Waals surface area (Å²) >= 11 is 1.51. The van der Waals surface area contributed by atoms with E-state index in [9.17, 15) is 0 Å². The van der Waals surface area contributed by atoms with E-state index < -0.39 is 0 Å². The van der Waals surface area contributed by atoms with Crippen LogP contribution in [0.5, 0.6) is 0 Å². The van der Waals surface area contributed by atoms with E-state index in [0.717, 1.165) is 29.3 Å². The number of hydrogen-bond acceptors (Lipinski definition) is 6. The average molecular weight is 248 g/mol. The van der Waals surface area contributed by atoms with Crippen LogP contribution >= 0.6 is 11.3 Å². The second-order valence-electron chi connectivity index (χ2n) is 3.54. The highest BCUT2D eigenvalue weighted by Gasteiger charge is 2.02. The molecular weight excluding hydrogens is 236 g/mol. The third-order valence-electron chi connectivity index (χ3n) is 2.16. The Kier molecular flexibility index (Phi) is 3.85. The predicted molar refractivity (Wildman–Crippen MR) is 63.5 cm³/mol. The van der Waals surface area contributed by atoms with Gasteiger partial charge >= 0.3 is 0 Å². The van der Waals surface area contributed by atoms with Crippen molar-refractivity contribution in [2.75, 3.05) is 6.54 Å². The molecule has 0 aromatic carbocycles. The standard InChI is InChI=1S/C11H12N4OS/c1-8-14-11(16-15-8)4-5-13-7-10-3-2-9(6-12)17-10/h2-3,13H,4-5,7H2,1H3. The van der Waals surface area contributed by atoms with Crippen LogP contribution in [-0.2, 0) is 13.0 Å². The molecule has 0 aliphatic heterocycles. The molecule has 0 unspecified atom stereocenters. The molecule has 5 nitrogen and oxygen atoms in total. The van der Waals surface area contributed by atoms with Crippen LogP contribution in [0.25, 0.3) is 0 Å². The van der Waals surface area contributed by atoms with Gasteiger partial charge in [-0.15, -0.1) is 11.3 Å². The van der Waals surface area contributed by atoms with Crippen molar-refractivity contribution < 1.29 is 4.52 Å². The van der Waals surface area contributed by atoms with Gasteiger partial charge in [0.05, 0.1) is 0 Å². The molecule has 0 spiro atoms. The van der Waals surface area contributed by atoms with Gasteiger partial charge in [-0.3, -0.25) is 0 Å². The smallest absolute Gasteiger partial charge is 0.227 e. The first kappa shape index (κ1) is 11.8. The van der Waals surface area contributed by atoms with Crippen molar-refractivity contribution in [2.45, 2.75) is 19.9 Å². The van der Waals surface area contributed by atoms with Gasteiger partial charge in [-0.1, -0.05) is 5.16 Å². The van der Waals surface area contributed by atoms with Gasteiger partial charge in [0.15, 0.2) is 5.82 Å². The minimum Gasteiger partial charge on any atom is -0.339 e. The second-order valence-corrected chi connectivity index (χ2v) is 4.71. The molecule has 6 heteroatoms. The quantitative estimate of drug-likeness (QED) is 0.814. The Bertz CT molecular complexity index is 526. The maximum atomic E-state index is 8.69. The largest absolute Gasteiger partial charge is 0.339 e. The molecule has 2 heterocycles. The molecule has 2 rings (SSSR count). The van der Waals surface area contributed by atoms with Gasteiger partial charge in [-0.2, -0.15) is 10.2 Å². The van der Waals surface area contributed by atoms with Gasteiger partial charge in [-0.05, 0) is 19.1 Å². The Morgan fingerprint density at radius 2 is 2.41 bits per heavy atom. The van der Waals surface area contributed by atoms with Crippen LogP contribution in [-0.4, -0.2) is 16.7 Å². The van der Waals surface area contributed by atoms with E-state index in [-0.39, 0.29) is 0 Å². The van der Waals surface area contributed by atoms with Crippen molar-refractivity contribution in [3.8, 4) is 6.07 Å². The molecule has 0 fully saturated rings. The first-order valence-corrected chi connectivity index (χ1v) is 6.08. The van der Waals surface area contributed by atoms with Crippen LogP contribution in [0.4, 0.5) is 0 Å². The Hall–Kier alpha value is -1.71. The highest BCUT2D eigenvalue weighted by Crippen LogP contribution is 2.14. The summed E-state index contributed by atoms with van der Waals surface area (Å²) in [4.78, 5) is 6.01. The number of nitrogens with one attached hydrogen (secondary N) is 1. The van der Waals surface area contributed by atoms with E-state index in [0.29, 0.717) is 11.7 Å². The fraction of sp³-hybridized carbons (Fsp3) is 0.364. The molecule has 17 heavy (non-hydrogen) atoms. The molecule has 0 aliphatic rings. The predicted octanol–water partition coefficient (Wildman–Crippen LogP) is 1.64. The van der Waals surface area contributed by atoms with Gasteiger partial charge in [-0.25, -0.2) is 0 Å². The number of hydrogen-bond donors (Lipinski definition) is 1. The SMILES string of the molecule is Cc1noc(CCNCc2ccc(C#N)s2)n1. The van der Waals surface area contributed by atoms with Gasteiger partial charge in [0.25, 0.3) is 0 Å². The topological polar surface area (TPSA) is 74.7 Å². The summed E-state index contributed by atoms with van der Waals surface area (Å²) in [6, 6.07) is 5.93. The van der Waals surface area contributed by atoms with E-state index in [1.165, 1.54) is 11.3 Å². The van der Waals surface area contributed by atoms with E-state index in [4.69, 9.17) is 9.78 Å². The molecule has 0 bridgehead atoms. The molecule has 2 aromatic heterocycles. The summed E-state index contributed by atoms with van der Waals surface area (Å²) in [6.07, 6.45) is 0.720. The lowest BCUT2D eigenvalue weighted by Gasteiger charge is -1.99. The fourth-order valence-electron chi connectivity index (χ4n) is 1.38. The average Bonchev–Trinajstić information content (AvgIpc) is 2.93. The van der Waals surface area contributed by atoms with Gasteiger partial charge in [0.2, 0.25) is 5.89 Å². The molecule has 0 aliphatic carbocycles. The molecule has 1 N–H and O–H groups in total. The van der Waals surface area contributed by atoms with E-state index >= 15 is 0 Å². The van der Waals surface area contributed by atoms with Crippen molar-refractivity contribution in [1.29, 1.82) is 5.26 Å². The Morgan fingerprint density at radius 3 is 3.06 bits per heavy atom. The lowest BCUT2D eigenvalue weighted by atomic mass is 10.4. The molecule has 0 saturated carbocycles. The van der Waals surface area contributed by atoms with Crippen LogP contribution in [0.1, 0.15) is 21.5 Å². The van der Waals surface area contributed by atoms with Crippen molar-refractivity contribution in [3.63, 3.8) is 0 Å². The molecule has 88 valence electrons. The number of nitriles is 1. The van der Waals surface area contributed by atoms with Crippen LogP contribution in [0.2, 0.25) is 0 Å². The summed E-state index contributed by atoms with van der Waals surface area (Å²) in [6.45, 7) is 3.34. The van der Waals surface area contributed by atoms with E-state index in [1.807, 2.05) is 12.1 Å². The number of nitrogens with zero attached hydrogens (tertiary/aromatic N) is 3. The van der Waals surface area contributed by atoms with E-state index in [2.05, 4.69) is 21.5 Å². The van der Waals surface area contributed by atoms with Gasteiger partial charge in [0.1, 0.15) is 10.9 Å². The minimum absolute atomic E-state index is 0.652. The fourth-order valence-corrected chi connectivity index (χ4v) is 2.16. The van der Waals surface area contributed by atoms with Crippen LogP contribution in [0.3, 0.4) is 0 Å². The molecule has 0 radical (unpaired) electrons. The number of aryl methyl sites for hydroxylation is 1. The molecule has 0 amide bonds. The summed E-state index contributed by atoms with van der Waals surface area (Å²) in [5.74, 6) is 1.32. The lowest BCUT2D eigenvalue weighted by molar-refractivity contribution is 0.372. The summed E-state index contributed by atoms with van der Waals surface area (Å²) in [5.41, 5.74) is 0. The van der Waals surface area contributed by atoms with Gasteiger partial charge in [0, 0.05) is 24.4 Å². The van der Waals surface area contributed by atoms with Crippen molar-refractivity contribution in [2.24, 2.45) is 0 Å². The van der Waals surface area contributed by atoms with Crippen LogP contribution < -0.4 is 5.32 Å². The summed E-state index contributed by atoms with van der Waals surface area (Å²) in [5, 5.41) is 15.7. The molecular formula is C11H12N4OS. The maximum absolute atomic E-state index is 8.69. The van der Waals surface area contributed by atoms with Crippen molar-refractivity contribution in [3.05, 3.63) is 33.6 Å². The zero-order valence-electron chi connectivity index (χ0n) is 9.43. The molecule has 2 aromatic rings.